The first-order chi connectivity index (χ1) is 12.2. The van der Waals surface area contributed by atoms with Gasteiger partial charge in [0.2, 0.25) is 0 Å². The molecule has 1 N–H and O–H groups in total. The van der Waals surface area contributed by atoms with E-state index >= 15 is 0 Å². The fourth-order valence-electron chi connectivity index (χ4n) is 2.94. The van der Waals surface area contributed by atoms with Crippen molar-refractivity contribution in [2.24, 2.45) is 5.92 Å². The number of rotatable bonds is 4. The summed E-state index contributed by atoms with van der Waals surface area (Å²) in [5.41, 5.74) is 0.640. The van der Waals surface area contributed by atoms with Crippen LogP contribution in [0.5, 0.6) is 0 Å². The van der Waals surface area contributed by atoms with Crippen LogP contribution in [0.3, 0.4) is 0 Å². The van der Waals surface area contributed by atoms with Gasteiger partial charge in [0.05, 0.1) is 0 Å². The van der Waals surface area contributed by atoms with Gasteiger partial charge in [-0.2, -0.15) is 0 Å². The Kier molecular flexibility index (Phi) is 6.89. The van der Waals surface area contributed by atoms with Crippen molar-refractivity contribution in [1.82, 2.24) is 15.1 Å². The highest BCUT2D eigenvalue weighted by molar-refractivity contribution is 5.73. The highest BCUT2D eigenvalue weighted by Gasteiger charge is 2.27. The zero-order valence-corrected chi connectivity index (χ0v) is 16.3. The molecule has 144 valence electrons. The third-order valence-electron chi connectivity index (χ3n) is 4.42. The summed E-state index contributed by atoms with van der Waals surface area (Å²) in [6.45, 7) is 8.20. The van der Waals surface area contributed by atoms with E-state index in [9.17, 15) is 9.59 Å². The number of nitrogens with zero attached hydrogens (tertiary/aromatic N) is 2. The van der Waals surface area contributed by atoms with Gasteiger partial charge in [-0.3, -0.25) is 0 Å². The average molecular weight is 361 g/mol. The fourth-order valence-corrected chi connectivity index (χ4v) is 2.94. The van der Waals surface area contributed by atoms with Gasteiger partial charge in [-0.05, 0) is 45.1 Å². The first-order valence-electron chi connectivity index (χ1n) is 9.25. The number of carbonyl (C=O) groups excluding carboxylic acids is 2. The SMILES string of the molecule is CN(Cc1ccccc1)C(=O)NCC1CCN(C(=O)OC(C)(C)C)CC1. The summed E-state index contributed by atoms with van der Waals surface area (Å²) in [7, 11) is 1.80. The topological polar surface area (TPSA) is 61.9 Å². The van der Waals surface area contributed by atoms with Crippen LogP contribution in [0.4, 0.5) is 9.59 Å². The van der Waals surface area contributed by atoms with E-state index in [2.05, 4.69) is 5.32 Å². The molecule has 26 heavy (non-hydrogen) atoms. The van der Waals surface area contributed by atoms with E-state index in [-0.39, 0.29) is 12.1 Å². The zero-order valence-electron chi connectivity index (χ0n) is 16.3. The number of hydrogen-bond acceptors (Lipinski definition) is 3. The van der Waals surface area contributed by atoms with Crippen molar-refractivity contribution in [1.29, 1.82) is 0 Å². The Labute approximate surface area is 156 Å². The van der Waals surface area contributed by atoms with Crippen LogP contribution in [0, 0.1) is 5.92 Å². The molecule has 1 aromatic rings. The standard InChI is InChI=1S/C20H31N3O3/c1-20(2,3)26-19(25)23-12-10-16(11-13-23)14-21-18(24)22(4)15-17-8-6-5-7-9-17/h5-9,16H,10-15H2,1-4H3,(H,21,24). The molecule has 1 aliphatic rings. The van der Waals surface area contributed by atoms with Crippen molar-refractivity contribution >= 4 is 12.1 Å². The van der Waals surface area contributed by atoms with Crippen LogP contribution in [0.2, 0.25) is 0 Å². The lowest BCUT2D eigenvalue weighted by atomic mass is 9.97. The fraction of sp³-hybridized carbons (Fsp3) is 0.600. The van der Waals surface area contributed by atoms with Gasteiger partial charge in [0.15, 0.2) is 0 Å². The minimum Gasteiger partial charge on any atom is -0.444 e. The van der Waals surface area contributed by atoms with E-state index in [1.165, 1.54) is 0 Å². The summed E-state index contributed by atoms with van der Waals surface area (Å²) in [5.74, 6) is 0.391. The molecular weight excluding hydrogens is 330 g/mol. The van der Waals surface area contributed by atoms with Gasteiger partial charge in [0.1, 0.15) is 5.60 Å². The molecule has 0 spiro atoms. The van der Waals surface area contributed by atoms with Crippen LogP contribution >= 0.6 is 0 Å². The zero-order chi connectivity index (χ0) is 19.2. The third kappa shape index (κ3) is 6.58. The molecule has 0 atom stereocenters. The number of amides is 3. The summed E-state index contributed by atoms with van der Waals surface area (Å²) in [6, 6.07) is 9.86. The number of benzene rings is 1. The van der Waals surface area contributed by atoms with Crippen LogP contribution in [0.1, 0.15) is 39.2 Å². The Bertz CT molecular complexity index is 590. The predicted octanol–water partition coefficient (Wildman–Crippen LogP) is 3.48. The smallest absolute Gasteiger partial charge is 0.410 e. The Balaban J connectivity index is 1.69. The van der Waals surface area contributed by atoms with Crippen LogP contribution < -0.4 is 5.32 Å². The van der Waals surface area contributed by atoms with Crippen molar-refractivity contribution < 1.29 is 14.3 Å². The molecule has 3 amide bonds. The van der Waals surface area contributed by atoms with E-state index in [1.807, 2.05) is 51.1 Å². The monoisotopic (exact) mass is 361 g/mol. The summed E-state index contributed by atoms with van der Waals surface area (Å²) < 4.78 is 5.41. The quantitative estimate of drug-likeness (QED) is 0.893. The van der Waals surface area contributed by atoms with Gasteiger partial charge in [0, 0.05) is 33.2 Å². The largest absolute Gasteiger partial charge is 0.444 e. The van der Waals surface area contributed by atoms with Gasteiger partial charge >= 0.3 is 12.1 Å². The first kappa shape index (κ1) is 20.1. The summed E-state index contributed by atoms with van der Waals surface area (Å²) in [6.07, 6.45) is 1.51. The lowest BCUT2D eigenvalue weighted by Crippen LogP contribution is -2.45. The molecular formula is C20H31N3O3. The van der Waals surface area contributed by atoms with Crippen molar-refractivity contribution in [3.8, 4) is 0 Å². The molecule has 1 aromatic carbocycles. The second kappa shape index (κ2) is 8.92. The molecule has 0 bridgehead atoms. The van der Waals surface area contributed by atoms with Crippen molar-refractivity contribution in [2.45, 2.75) is 45.8 Å². The number of nitrogens with one attached hydrogen (secondary N) is 1. The molecule has 6 heteroatoms. The van der Waals surface area contributed by atoms with E-state index < -0.39 is 5.60 Å². The lowest BCUT2D eigenvalue weighted by molar-refractivity contribution is 0.0184. The number of urea groups is 1. The van der Waals surface area contributed by atoms with Crippen LogP contribution in [-0.4, -0.2) is 54.2 Å². The van der Waals surface area contributed by atoms with Gasteiger partial charge in [-0.25, -0.2) is 9.59 Å². The average Bonchev–Trinajstić information content (AvgIpc) is 2.59. The molecule has 0 saturated carbocycles. The Morgan fingerprint density at radius 2 is 1.81 bits per heavy atom. The minimum absolute atomic E-state index is 0.0663. The highest BCUT2D eigenvalue weighted by Crippen LogP contribution is 2.19. The highest BCUT2D eigenvalue weighted by atomic mass is 16.6. The molecule has 0 aromatic heterocycles. The van der Waals surface area contributed by atoms with Gasteiger partial charge in [0.25, 0.3) is 0 Å². The maximum Gasteiger partial charge on any atom is 0.410 e. The van der Waals surface area contributed by atoms with E-state index in [0.717, 1.165) is 18.4 Å². The minimum atomic E-state index is -0.467. The van der Waals surface area contributed by atoms with E-state index in [4.69, 9.17) is 4.74 Å². The molecule has 0 unspecified atom stereocenters. The summed E-state index contributed by atoms with van der Waals surface area (Å²) in [5, 5.41) is 3.01. The maximum atomic E-state index is 12.2. The number of likely N-dealkylation sites (tertiary alicyclic amines) is 1. The summed E-state index contributed by atoms with van der Waals surface area (Å²) in [4.78, 5) is 27.8. The molecule has 1 heterocycles. The second-order valence-electron chi connectivity index (χ2n) is 7.94. The van der Waals surface area contributed by atoms with Gasteiger partial charge in [-0.1, -0.05) is 30.3 Å². The number of hydrogen-bond donors (Lipinski definition) is 1. The van der Waals surface area contributed by atoms with Crippen molar-refractivity contribution in [3.05, 3.63) is 35.9 Å². The molecule has 1 fully saturated rings. The van der Waals surface area contributed by atoms with E-state index in [0.29, 0.717) is 32.1 Å². The van der Waals surface area contributed by atoms with Crippen LogP contribution in [0.25, 0.3) is 0 Å². The number of ether oxygens (including phenoxy) is 1. The molecule has 2 rings (SSSR count). The Hall–Kier alpha value is -2.24. The number of piperidine rings is 1. The third-order valence-corrected chi connectivity index (χ3v) is 4.42. The maximum absolute atomic E-state index is 12.2. The molecule has 1 saturated heterocycles. The van der Waals surface area contributed by atoms with Crippen molar-refractivity contribution in [3.63, 3.8) is 0 Å². The number of carbonyl (C=O) groups is 2. The second-order valence-corrected chi connectivity index (χ2v) is 7.94. The molecule has 6 nitrogen and oxygen atoms in total. The van der Waals surface area contributed by atoms with Crippen LogP contribution in [0.15, 0.2) is 30.3 Å². The molecule has 1 aliphatic heterocycles. The van der Waals surface area contributed by atoms with Crippen molar-refractivity contribution in [2.75, 3.05) is 26.7 Å². The van der Waals surface area contributed by atoms with E-state index in [1.54, 1.807) is 16.8 Å². The Morgan fingerprint density at radius 1 is 1.19 bits per heavy atom. The van der Waals surface area contributed by atoms with Gasteiger partial charge in [-0.15, -0.1) is 0 Å². The Morgan fingerprint density at radius 3 is 2.38 bits per heavy atom. The van der Waals surface area contributed by atoms with Gasteiger partial charge < -0.3 is 19.9 Å². The lowest BCUT2D eigenvalue weighted by Gasteiger charge is -2.33. The van der Waals surface area contributed by atoms with Crippen LogP contribution in [-0.2, 0) is 11.3 Å². The summed E-state index contributed by atoms with van der Waals surface area (Å²) >= 11 is 0. The normalized spacial score (nSPS) is 15.5. The first-order valence-corrected chi connectivity index (χ1v) is 9.25. The predicted molar refractivity (Wildman–Crippen MR) is 102 cm³/mol. The molecule has 0 radical (unpaired) electrons. The molecule has 0 aliphatic carbocycles.